The van der Waals surface area contributed by atoms with Gasteiger partial charge in [0.15, 0.2) is 6.61 Å². The van der Waals surface area contributed by atoms with E-state index in [0.717, 1.165) is 6.42 Å². The quantitative estimate of drug-likeness (QED) is 0.635. The van der Waals surface area contributed by atoms with Crippen LogP contribution in [0.3, 0.4) is 0 Å². The van der Waals surface area contributed by atoms with Crippen LogP contribution in [0.15, 0.2) is 54.6 Å². The molecule has 1 N–H and O–H groups in total. The molecule has 0 bridgehead atoms. The number of halogens is 4. The van der Waals surface area contributed by atoms with Gasteiger partial charge >= 0.3 is 12.1 Å². The fourth-order valence-electron chi connectivity index (χ4n) is 4.10. The second-order valence-electron chi connectivity index (χ2n) is 8.51. The number of anilines is 1. The maximum Gasteiger partial charge on any atom is 0.490 e. The molecule has 194 valence electrons. The number of rotatable bonds is 4. The number of nitrogens with zero attached hydrogens (tertiary/aromatic N) is 3. The number of carboxylic acid groups (broad SMARTS) is 1. The normalized spacial score (nSPS) is 20.2. The van der Waals surface area contributed by atoms with Gasteiger partial charge in [0.25, 0.3) is 5.91 Å². The third-order valence-electron chi connectivity index (χ3n) is 6.09. The monoisotopic (exact) mass is 511 g/mol. The highest BCUT2D eigenvalue weighted by molar-refractivity contribution is 5.96. The molecule has 0 aromatic heterocycles. The van der Waals surface area contributed by atoms with Crippen LogP contribution in [0, 0.1) is 5.82 Å². The zero-order valence-electron chi connectivity index (χ0n) is 19.4. The molecule has 0 saturated carbocycles. The number of para-hydroxylation sites is 1. The summed E-state index contributed by atoms with van der Waals surface area (Å²) in [6.07, 6.45) is -4.33. The summed E-state index contributed by atoms with van der Waals surface area (Å²) in [7, 11) is 1.91. The molecule has 12 heteroatoms. The highest BCUT2D eigenvalue weighted by Crippen LogP contribution is 2.33. The Balaban J connectivity index is 0.000000454. The van der Waals surface area contributed by atoms with Crippen LogP contribution >= 0.6 is 0 Å². The lowest BCUT2D eigenvalue weighted by Crippen LogP contribution is -2.64. The number of ether oxygens (including phenoxy) is 1. The van der Waals surface area contributed by atoms with Gasteiger partial charge in [0.2, 0.25) is 5.91 Å². The van der Waals surface area contributed by atoms with Crippen molar-refractivity contribution in [3.8, 4) is 5.75 Å². The average molecular weight is 511 g/mol. The van der Waals surface area contributed by atoms with Crippen LogP contribution in [-0.4, -0.2) is 84.2 Å². The summed E-state index contributed by atoms with van der Waals surface area (Å²) in [5.74, 6) is -2.61. The first-order valence-corrected chi connectivity index (χ1v) is 10.9. The standard InChI is InChI=1S/C22H24FN3O3.C2HF3O2/c1-24-13-20(27)26(18-7-5-6-17(23)12-18)16-22(24)10-11-25(15-22)21(28)14-29-19-8-3-2-4-9-19;3-2(4,5)1(6)7/h2-9,12H,10-11,13-16H2,1H3;(H,6,7). The van der Waals surface area contributed by atoms with Crippen LogP contribution in [0.2, 0.25) is 0 Å². The van der Waals surface area contributed by atoms with Gasteiger partial charge in [-0.2, -0.15) is 13.2 Å². The van der Waals surface area contributed by atoms with Gasteiger partial charge in [-0.3, -0.25) is 14.5 Å². The van der Waals surface area contributed by atoms with Gasteiger partial charge < -0.3 is 19.6 Å². The molecule has 36 heavy (non-hydrogen) atoms. The Morgan fingerprint density at radius 2 is 1.75 bits per heavy atom. The number of alkyl halides is 3. The Labute approximate surface area is 204 Å². The second-order valence-corrected chi connectivity index (χ2v) is 8.51. The van der Waals surface area contributed by atoms with Crippen molar-refractivity contribution < 1.29 is 41.8 Å². The van der Waals surface area contributed by atoms with Crippen LogP contribution in [0.25, 0.3) is 0 Å². The maximum absolute atomic E-state index is 13.7. The number of hydrogen-bond donors (Lipinski definition) is 1. The van der Waals surface area contributed by atoms with Crippen LogP contribution < -0.4 is 9.64 Å². The molecule has 2 aromatic carbocycles. The summed E-state index contributed by atoms with van der Waals surface area (Å²) in [5, 5.41) is 7.12. The molecular formula is C24H25F4N3O5. The third-order valence-corrected chi connectivity index (χ3v) is 6.09. The van der Waals surface area contributed by atoms with E-state index in [2.05, 4.69) is 0 Å². The smallest absolute Gasteiger partial charge is 0.484 e. The molecule has 1 atom stereocenters. The fourth-order valence-corrected chi connectivity index (χ4v) is 4.10. The number of carboxylic acids is 1. The first-order valence-electron chi connectivity index (χ1n) is 10.9. The Morgan fingerprint density at radius 1 is 1.08 bits per heavy atom. The fraction of sp³-hybridized carbons (Fsp3) is 0.375. The summed E-state index contributed by atoms with van der Waals surface area (Å²) < 4.78 is 51.0. The number of likely N-dealkylation sites (N-methyl/N-ethyl adjacent to an activating group) is 1. The van der Waals surface area contributed by atoms with Crippen molar-refractivity contribution in [2.45, 2.75) is 18.1 Å². The minimum atomic E-state index is -5.08. The first kappa shape index (κ1) is 26.9. The Morgan fingerprint density at radius 3 is 2.36 bits per heavy atom. The topological polar surface area (TPSA) is 90.4 Å². The van der Waals surface area contributed by atoms with Crippen molar-refractivity contribution in [1.29, 1.82) is 0 Å². The van der Waals surface area contributed by atoms with Gasteiger partial charge in [-0.25, -0.2) is 9.18 Å². The molecule has 2 aliphatic heterocycles. The van der Waals surface area contributed by atoms with Gasteiger partial charge in [0.1, 0.15) is 11.6 Å². The molecule has 4 rings (SSSR count). The Kier molecular flexibility index (Phi) is 8.18. The lowest BCUT2D eigenvalue weighted by Gasteiger charge is -2.46. The number of carbonyl (C=O) groups excluding carboxylic acids is 2. The minimum Gasteiger partial charge on any atom is -0.484 e. The van der Waals surface area contributed by atoms with E-state index < -0.39 is 12.1 Å². The molecule has 2 saturated heterocycles. The number of likely N-dealkylation sites (tertiary alicyclic amines) is 1. The minimum absolute atomic E-state index is 0.0175. The van der Waals surface area contributed by atoms with Gasteiger partial charge in [0, 0.05) is 25.3 Å². The molecule has 8 nitrogen and oxygen atoms in total. The second kappa shape index (κ2) is 10.9. The molecule has 0 aliphatic carbocycles. The van der Waals surface area contributed by atoms with Gasteiger partial charge in [-0.15, -0.1) is 0 Å². The number of amides is 2. The van der Waals surface area contributed by atoms with Crippen molar-refractivity contribution in [2.24, 2.45) is 0 Å². The lowest BCUT2D eigenvalue weighted by atomic mass is 9.92. The largest absolute Gasteiger partial charge is 0.490 e. The van der Waals surface area contributed by atoms with E-state index in [4.69, 9.17) is 14.6 Å². The summed E-state index contributed by atoms with van der Waals surface area (Å²) in [6.45, 7) is 1.76. The number of piperazine rings is 1. The summed E-state index contributed by atoms with van der Waals surface area (Å²) >= 11 is 0. The summed E-state index contributed by atoms with van der Waals surface area (Å²) in [5.41, 5.74) is 0.211. The van der Waals surface area contributed by atoms with Crippen molar-refractivity contribution in [1.82, 2.24) is 9.80 Å². The van der Waals surface area contributed by atoms with E-state index in [1.54, 1.807) is 21.9 Å². The van der Waals surface area contributed by atoms with Gasteiger partial charge in [0.05, 0.1) is 12.1 Å². The van der Waals surface area contributed by atoms with Crippen LogP contribution in [0.4, 0.5) is 23.2 Å². The molecule has 2 amide bonds. The van der Waals surface area contributed by atoms with Crippen molar-refractivity contribution >= 4 is 23.5 Å². The van der Waals surface area contributed by atoms with Crippen LogP contribution in [0.1, 0.15) is 6.42 Å². The average Bonchev–Trinajstić information content (AvgIpc) is 3.26. The Bertz CT molecular complexity index is 1100. The van der Waals surface area contributed by atoms with Gasteiger partial charge in [-0.1, -0.05) is 24.3 Å². The molecular weight excluding hydrogens is 486 g/mol. The van der Waals surface area contributed by atoms with E-state index in [1.807, 2.05) is 42.3 Å². The van der Waals surface area contributed by atoms with Crippen molar-refractivity contribution in [3.05, 3.63) is 60.4 Å². The third kappa shape index (κ3) is 6.51. The van der Waals surface area contributed by atoms with Crippen molar-refractivity contribution in [3.63, 3.8) is 0 Å². The molecule has 1 unspecified atom stereocenters. The number of aliphatic carboxylic acids is 1. The van der Waals surface area contributed by atoms with E-state index in [0.29, 0.717) is 31.1 Å². The predicted octanol–water partition coefficient (Wildman–Crippen LogP) is 2.79. The Hall–Kier alpha value is -3.67. The van der Waals surface area contributed by atoms with Crippen molar-refractivity contribution in [2.75, 3.05) is 44.7 Å². The molecule has 2 aromatic rings. The highest BCUT2D eigenvalue weighted by atomic mass is 19.4. The molecule has 0 radical (unpaired) electrons. The van der Waals surface area contributed by atoms with E-state index in [-0.39, 0.29) is 36.3 Å². The number of carbonyl (C=O) groups is 3. The number of hydrogen-bond acceptors (Lipinski definition) is 5. The van der Waals surface area contributed by atoms with E-state index >= 15 is 0 Å². The van der Waals surface area contributed by atoms with E-state index in [1.165, 1.54) is 12.1 Å². The van der Waals surface area contributed by atoms with Crippen LogP contribution in [-0.2, 0) is 14.4 Å². The van der Waals surface area contributed by atoms with Crippen LogP contribution in [0.5, 0.6) is 5.75 Å². The lowest BCUT2D eigenvalue weighted by molar-refractivity contribution is -0.192. The highest BCUT2D eigenvalue weighted by Gasteiger charge is 2.48. The maximum atomic E-state index is 13.7. The molecule has 1 spiro atoms. The SMILES string of the molecule is CN1CC(=O)N(c2cccc(F)c2)CC12CCN(C(=O)COc1ccccc1)C2.O=C(O)C(F)(F)F. The predicted molar refractivity (Wildman–Crippen MR) is 121 cm³/mol. The zero-order chi connectivity index (χ0) is 26.5. The molecule has 2 fully saturated rings. The number of benzene rings is 2. The summed E-state index contributed by atoms with van der Waals surface area (Å²) in [6, 6.07) is 15.3. The summed E-state index contributed by atoms with van der Waals surface area (Å²) in [4.78, 5) is 39.6. The van der Waals surface area contributed by atoms with E-state index in [9.17, 15) is 27.2 Å². The first-order chi connectivity index (χ1) is 16.9. The molecule has 2 heterocycles. The zero-order valence-corrected chi connectivity index (χ0v) is 19.4. The molecule has 2 aliphatic rings. The van der Waals surface area contributed by atoms with Gasteiger partial charge in [-0.05, 0) is 43.8 Å².